The van der Waals surface area contributed by atoms with E-state index in [9.17, 15) is 4.79 Å². The number of nitrogens with two attached hydrogens (primary N) is 1. The average Bonchev–Trinajstić information content (AvgIpc) is 2.24. The monoisotopic (exact) mass is 256 g/mol. The van der Waals surface area contributed by atoms with Gasteiger partial charge in [-0.15, -0.1) is 0 Å². The van der Waals surface area contributed by atoms with E-state index in [-0.39, 0.29) is 5.91 Å². The van der Waals surface area contributed by atoms with Crippen molar-refractivity contribution in [1.82, 2.24) is 5.32 Å². The first-order valence-corrected chi connectivity index (χ1v) is 5.70. The fourth-order valence-corrected chi connectivity index (χ4v) is 1.53. The highest BCUT2D eigenvalue weighted by Gasteiger charge is 2.04. The second-order valence-corrected chi connectivity index (χ2v) is 4.30. The van der Waals surface area contributed by atoms with Gasteiger partial charge in [-0.05, 0) is 31.0 Å². The Balaban J connectivity index is 2.38. The number of nitrogens with one attached hydrogen (secondary N) is 1. The molecule has 16 heavy (non-hydrogen) atoms. The largest absolute Gasteiger partial charge is 0.393 e. The van der Waals surface area contributed by atoms with Crippen LogP contribution in [0.25, 0.3) is 0 Å². The van der Waals surface area contributed by atoms with Crippen LogP contribution in [0.15, 0.2) is 24.3 Å². The molecule has 0 saturated carbocycles. The summed E-state index contributed by atoms with van der Waals surface area (Å²) in [5.74, 6) is -0.134. The lowest BCUT2D eigenvalue weighted by Crippen LogP contribution is -2.25. The Kier molecular flexibility index (Phi) is 5.22. The number of hydrogen-bond donors (Lipinski definition) is 2. The van der Waals surface area contributed by atoms with Gasteiger partial charge in [-0.3, -0.25) is 4.79 Å². The number of halogens is 1. The number of hydrogen-bond acceptors (Lipinski definition) is 2. The van der Waals surface area contributed by atoms with Gasteiger partial charge in [-0.2, -0.15) is 0 Å². The van der Waals surface area contributed by atoms with E-state index in [1.54, 1.807) is 24.3 Å². The Hall–Kier alpha value is -1.13. The molecule has 3 nitrogen and oxygen atoms in total. The lowest BCUT2D eigenvalue weighted by Gasteiger charge is -2.04. The summed E-state index contributed by atoms with van der Waals surface area (Å²) in [7, 11) is 0. The minimum atomic E-state index is -0.134. The van der Waals surface area contributed by atoms with Crippen molar-refractivity contribution in [3.63, 3.8) is 0 Å². The summed E-state index contributed by atoms with van der Waals surface area (Å²) in [6.07, 6.45) is 1.40. The molecule has 1 amide bonds. The maximum Gasteiger partial charge on any atom is 0.251 e. The number of thiocarbonyl (C=S) groups is 1. The molecule has 0 saturated heterocycles. The number of rotatable bonds is 5. The van der Waals surface area contributed by atoms with Crippen molar-refractivity contribution in [3.8, 4) is 0 Å². The Labute approximate surface area is 105 Å². The van der Waals surface area contributed by atoms with Gasteiger partial charge in [-0.25, -0.2) is 0 Å². The summed E-state index contributed by atoms with van der Waals surface area (Å²) in [6.45, 7) is 0.558. The standard InChI is InChI=1S/C11H13ClN2OS/c12-9-4-1-3-8(7-9)11(15)14-6-2-5-10(13)16/h1,3-4,7H,2,5-6H2,(H2,13,16)(H,14,15). The normalized spacial score (nSPS) is 9.81. The molecule has 0 radical (unpaired) electrons. The van der Waals surface area contributed by atoms with Gasteiger partial charge in [-0.1, -0.05) is 29.9 Å². The molecule has 0 aliphatic heterocycles. The van der Waals surface area contributed by atoms with Crippen molar-refractivity contribution in [2.75, 3.05) is 6.54 Å². The summed E-state index contributed by atoms with van der Waals surface area (Å²) in [5.41, 5.74) is 5.90. The molecule has 0 bridgehead atoms. The first kappa shape index (κ1) is 12.9. The molecule has 1 rings (SSSR count). The zero-order valence-corrected chi connectivity index (χ0v) is 10.3. The first-order valence-electron chi connectivity index (χ1n) is 4.91. The summed E-state index contributed by atoms with van der Waals surface area (Å²) in [4.78, 5) is 12.1. The third-order valence-electron chi connectivity index (χ3n) is 1.97. The van der Waals surface area contributed by atoms with E-state index in [1.165, 1.54) is 0 Å². The van der Waals surface area contributed by atoms with Crippen molar-refractivity contribution >= 4 is 34.7 Å². The minimum absolute atomic E-state index is 0.134. The maximum absolute atomic E-state index is 11.6. The highest BCUT2D eigenvalue weighted by Crippen LogP contribution is 2.10. The molecule has 0 aliphatic carbocycles. The van der Waals surface area contributed by atoms with Crippen LogP contribution in [0.1, 0.15) is 23.2 Å². The second kappa shape index (κ2) is 6.45. The molecule has 0 atom stereocenters. The smallest absolute Gasteiger partial charge is 0.251 e. The van der Waals surface area contributed by atoms with Gasteiger partial charge in [0.2, 0.25) is 0 Å². The summed E-state index contributed by atoms with van der Waals surface area (Å²) in [5, 5.41) is 3.32. The Morgan fingerprint density at radius 2 is 2.25 bits per heavy atom. The topological polar surface area (TPSA) is 55.1 Å². The predicted molar refractivity (Wildman–Crippen MR) is 69.8 cm³/mol. The molecule has 5 heteroatoms. The zero-order chi connectivity index (χ0) is 12.0. The van der Waals surface area contributed by atoms with Crippen molar-refractivity contribution in [1.29, 1.82) is 0 Å². The first-order chi connectivity index (χ1) is 7.59. The Bertz CT molecular complexity index is 395. The van der Waals surface area contributed by atoms with Gasteiger partial charge in [0.05, 0.1) is 4.99 Å². The number of carbonyl (C=O) groups excluding carboxylic acids is 1. The molecule has 3 N–H and O–H groups in total. The van der Waals surface area contributed by atoms with Crippen molar-refractivity contribution in [2.24, 2.45) is 5.73 Å². The predicted octanol–water partition coefficient (Wildman–Crippen LogP) is 2.14. The molecule has 0 heterocycles. The quantitative estimate of drug-likeness (QED) is 0.627. The molecule has 0 aliphatic rings. The molecule has 0 fully saturated rings. The maximum atomic E-state index is 11.6. The number of benzene rings is 1. The van der Waals surface area contributed by atoms with Gasteiger partial charge in [0, 0.05) is 17.1 Å². The van der Waals surface area contributed by atoms with E-state index in [2.05, 4.69) is 5.32 Å². The lowest BCUT2D eigenvalue weighted by atomic mass is 10.2. The van der Waals surface area contributed by atoms with E-state index in [1.807, 2.05) is 0 Å². The fraction of sp³-hybridized carbons (Fsp3) is 0.273. The van der Waals surface area contributed by atoms with Crippen LogP contribution >= 0.6 is 23.8 Å². The highest BCUT2D eigenvalue weighted by atomic mass is 35.5. The third-order valence-corrected chi connectivity index (χ3v) is 2.41. The van der Waals surface area contributed by atoms with Crippen LogP contribution in [0.4, 0.5) is 0 Å². The van der Waals surface area contributed by atoms with Crippen molar-refractivity contribution in [2.45, 2.75) is 12.8 Å². The van der Waals surface area contributed by atoms with Crippen molar-refractivity contribution in [3.05, 3.63) is 34.9 Å². The van der Waals surface area contributed by atoms with Crippen molar-refractivity contribution < 1.29 is 4.79 Å². The molecule has 1 aromatic carbocycles. The van der Waals surface area contributed by atoms with Crippen LogP contribution < -0.4 is 11.1 Å². The van der Waals surface area contributed by atoms with E-state index in [4.69, 9.17) is 29.6 Å². The van der Waals surface area contributed by atoms with E-state index in [0.717, 1.165) is 6.42 Å². The van der Waals surface area contributed by atoms with Crippen LogP contribution in [0, 0.1) is 0 Å². The van der Waals surface area contributed by atoms with Gasteiger partial charge < -0.3 is 11.1 Å². The van der Waals surface area contributed by atoms with E-state index < -0.39 is 0 Å². The van der Waals surface area contributed by atoms with Crippen LogP contribution in [0.3, 0.4) is 0 Å². The van der Waals surface area contributed by atoms with E-state index in [0.29, 0.717) is 28.5 Å². The van der Waals surface area contributed by atoms with Gasteiger partial charge in [0.25, 0.3) is 5.91 Å². The van der Waals surface area contributed by atoms with Gasteiger partial charge in [0.15, 0.2) is 0 Å². The number of carbonyl (C=O) groups is 1. The highest BCUT2D eigenvalue weighted by molar-refractivity contribution is 7.80. The third kappa shape index (κ3) is 4.59. The molecule has 0 spiro atoms. The SMILES string of the molecule is NC(=S)CCCNC(=O)c1cccc(Cl)c1. The van der Waals surface area contributed by atoms with Gasteiger partial charge >= 0.3 is 0 Å². The summed E-state index contributed by atoms with van der Waals surface area (Å²) >= 11 is 10.5. The summed E-state index contributed by atoms with van der Waals surface area (Å²) < 4.78 is 0. The molecule has 1 aromatic rings. The van der Waals surface area contributed by atoms with E-state index >= 15 is 0 Å². The van der Waals surface area contributed by atoms with Crippen LogP contribution in [-0.2, 0) is 0 Å². The Morgan fingerprint density at radius 1 is 1.50 bits per heavy atom. The van der Waals surface area contributed by atoms with Crippen LogP contribution in [-0.4, -0.2) is 17.4 Å². The minimum Gasteiger partial charge on any atom is -0.393 e. The fourth-order valence-electron chi connectivity index (χ4n) is 1.20. The van der Waals surface area contributed by atoms with Crippen LogP contribution in [0.2, 0.25) is 5.02 Å². The Morgan fingerprint density at radius 3 is 2.88 bits per heavy atom. The molecule has 0 aromatic heterocycles. The molecular formula is C11H13ClN2OS. The van der Waals surface area contributed by atoms with Gasteiger partial charge in [0.1, 0.15) is 0 Å². The second-order valence-electron chi connectivity index (χ2n) is 3.34. The molecule has 86 valence electrons. The average molecular weight is 257 g/mol. The lowest BCUT2D eigenvalue weighted by molar-refractivity contribution is 0.0953. The van der Waals surface area contributed by atoms with Crippen LogP contribution in [0.5, 0.6) is 0 Å². The number of amides is 1. The molecular weight excluding hydrogens is 244 g/mol. The summed E-state index contributed by atoms with van der Waals surface area (Å²) in [6, 6.07) is 6.82. The molecule has 0 unspecified atom stereocenters. The zero-order valence-electron chi connectivity index (χ0n) is 8.70.